The van der Waals surface area contributed by atoms with Gasteiger partial charge in [0.15, 0.2) is 11.5 Å². The SMILES string of the molecule is C=CCOc1ccc(C(=O)N/N=C/c2ccc(OCc3ccc(Cl)cc3Cl)c(Cl)c2)cc1OC. The average molecular weight is 520 g/mol. The van der Waals surface area contributed by atoms with Crippen LogP contribution in [0.3, 0.4) is 0 Å². The number of hydrogen-bond donors (Lipinski definition) is 1. The highest BCUT2D eigenvalue weighted by Gasteiger charge is 2.11. The number of nitrogens with zero attached hydrogens (tertiary/aromatic N) is 1. The van der Waals surface area contributed by atoms with Crippen molar-refractivity contribution in [2.24, 2.45) is 5.10 Å². The molecule has 1 N–H and O–H groups in total. The third-order valence-electron chi connectivity index (χ3n) is 4.52. The van der Waals surface area contributed by atoms with Crippen LogP contribution >= 0.6 is 34.8 Å². The van der Waals surface area contributed by atoms with Gasteiger partial charge in [-0.3, -0.25) is 4.79 Å². The second-order valence-electron chi connectivity index (χ2n) is 6.88. The highest BCUT2D eigenvalue weighted by atomic mass is 35.5. The lowest BCUT2D eigenvalue weighted by atomic mass is 10.2. The minimum atomic E-state index is -0.407. The van der Waals surface area contributed by atoms with Crippen LogP contribution in [0.4, 0.5) is 0 Å². The molecule has 0 aliphatic carbocycles. The van der Waals surface area contributed by atoms with Gasteiger partial charge in [-0.05, 0) is 54.1 Å². The lowest BCUT2D eigenvalue weighted by Crippen LogP contribution is -2.17. The minimum Gasteiger partial charge on any atom is -0.493 e. The molecule has 3 rings (SSSR count). The molecule has 0 bridgehead atoms. The van der Waals surface area contributed by atoms with Gasteiger partial charge in [-0.25, -0.2) is 5.43 Å². The summed E-state index contributed by atoms with van der Waals surface area (Å²) in [6.45, 7) is 4.17. The first-order chi connectivity index (χ1) is 16.4. The van der Waals surface area contributed by atoms with E-state index < -0.39 is 5.91 Å². The number of carbonyl (C=O) groups is 1. The molecule has 1 amide bonds. The molecule has 0 spiro atoms. The standard InChI is InChI=1S/C25H21Cl3N2O4/c1-3-10-33-23-9-6-17(12-24(23)32-2)25(31)30-29-14-16-4-8-22(21(28)11-16)34-15-18-5-7-19(26)13-20(18)27/h3-9,11-14H,1,10,15H2,2H3,(H,30,31)/b29-14+. The van der Waals surface area contributed by atoms with Crippen molar-refractivity contribution in [2.45, 2.75) is 6.61 Å². The van der Waals surface area contributed by atoms with Crippen LogP contribution in [0.15, 0.2) is 72.4 Å². The Bertz CT molecular complexity index is 1210. The van der Waals surface area contributed by atoms with E-state index in [2.05, 4.69) is 17.1 Å². The van der Waals surface area contributed by atoms with E-state index in [0.717, 1.165) is 5.56 Å². The Kier molecular flexibility index (Phi) is 9.22. The normalized spacial score (nSPS) is 10.7. The van der Waals surface area contributed by atoms with Crippen LogP contribution in [0.25, 0.3) is 0 Å². The van der Waals surface area contributed by atoms with E-state index in [1.807, 2.05) is 0 Å². The molecule has 176 valence electrons. The third-order valence-corrected chi connectivity index (χ3v) is 5.40. The summed E-state index contributed by atoms with van der Waals surface area (Å²) in [5.74, 6) is 1.02. The van der Waals surface area contributed by atoms with E-state index in [4.69, 9.17) is 49.0 Å². The van der Waals surface area contributed by atoms with Crippen molar-refractivity contribution in [1.82, 2.24) is 5.43 Å². The van der Waals surface area contributed by atoms with Gasteiger partial charge in [0, 0.05) is 21.2 Å². The molecule has 3 aromatic carbocycles. The maximum atomic E-state index is 12.4. The van der Waals surface area contributed by atoms with Gasteiger partial charge in [-0.15, -0.1) is 0 Å². The molecule has 0 heterocycles. The van der Waals surface area contributed by atoms with Crippen molar-refractivity contribution in [2.75, 3.05) is 13.7 Å². The van der Waals surface area contributed by atoms with Crippen LogP contribution in [0.5, 0.6) is 17.2 Å². The van der Waals surface area contributed by atoms with Gasteiger partial charge >= 0.3 is 0 Å². The number of ether oxygens (including phenoxy) is 3. The Hall–Kier alpha value is -3.19. The molecule has 0 aliphatic rings. The summed E-state index contributed by atoms with van der Waals surface area (Å²) >= 11 is 18.4. The van der Waals surface area contributed by atoms with Gasteiger partial charge in [0.05, 0.1) is 18.3 Å². The summed E-state index contributed by atoms with van der Waals surface area (Å²) in [5.41, 5.74) is 4.29. The van der Waals surface area contributed by atoms with Crippen LogP contribution in [0.1, 0.15) is 21.5 Å². The summed E-state index contributed by atoms with van der Waals surface area (Å²) in [6.07, 6.45) is 3.09. The van der Waals surface area contributed by atoms with Crippen LogP contribution in [-0.2, 0) is 6.61 Å². The number of amides is 1. The number of carbonyl (C=O) groups excluding carboxylic acids is 1. The van der Waals surface area contributed by atoms with Crippen molar-refractivity contribution in [3.63, 3.8) is 0 Å². The zero-order valence-corrected chi connectivity index (χ0v) is 20.5. The molecule has 0 radical (unpaired) electrons. The van der Waals surface area contributed by atoms with Crippen molar-refractivity contribution < 1.29 is 19.0 Å². The summed E-state index contributed by atoms with van der Waals surface area (Å²) in [6, 6.07) is 15.2. The average Bonchev–Trinajstić information content (AvgIpc) is 2.83. The Morgan fingerprint density at radius 1 is 0.971 bits per heavy atom. The number of hydrazone groups is 1. The van der Waals surface area contributed by atoms with Gasteiger partial charge in [-0.2, -0.15) is 5.10 Å². The lowest BCUT2D eigenvalue weighted by molar-refractivity contribution is 0.0954. The maximum absolute atomic E-state index is 12.4. The van der Waals surface area contributed by atoms with Crippen LogP contribution in [0.2, 0.25) is 15.1 Å². The number of hydrogen-bond acceptors (Lipinski definition) is 5. The van der Waals surface area contributed by atoms with Crippen molar-refractivity contribution in [1.29, 1.82) is 0 Å². The molecular formula is C25H21Cl3N2O4. The molecule has 0 fully saturated rings. The highest BCUT2D eigenvalue weighted by molar-refractivity contribution is 6.35. The first kappa shape index (κ1) is 25.4. The van der Waals surface area contributed by atoms with Crippen LogP contribution < -0.4 is 19.6 Å². The zero-order valence-electron chi connectivity index (χ0n) is 18.2. The molecule has 6 nitrogen and oxygen atoms in total. The predicted octanol–water partition coefficient (Wildman–Crippen LogP) is 6.56. The molecule has 0 aliphatic heterocycles. The van der Waals surface area contributed by atoms with Gasteiger partial charge in [0.25, 0.3) is 5.91 Å². The lowest BCUT2D eigenvalue weighted by Gasteiger charge is -2.10. The smallest absolute Gasteiger partial charge is 0.271 e. The molecular weight excluding hydrogens is 499 g/mol. The van der Waals surface area contributed by atoms with E-state index in [9.17, 15) is 4.79 Å². The van der Waals surface area contributed by atoms with Crippen molar-refractivity contribution in [3.8, 4) is 17.2 Å². The zero-order chi connectivity index (χ0) is 24.5. The number of nitrogens with one attached hydrogen (secondary N) is 1. The van der Waals surface area contributed by atoms with Gasteiger partial charge in [0.2, 0.25) is 0 Å². The number of benzene rings is 3. The Morgan fingerprint density at radius 3 is 2.47 bits per heavy atom. The van der Waals surface area contributed by atoms with Crippen molar-refractivity contribution >= 4 is 46.9 Å². The molecule has 0 aromatic heterocycles. The van der Waals surface area contributed by atoms with E-state index in [-0.39, 0.29) is 6.61 Å². The Labute approximate surface area is 212 Å². The fraction of sp³-hybridized carbons (Fsp3) is 0.120. The molecule has 0 atom stereocenters. The molecule has 9 heteroatoms. The number of rotatable bonds is 10. The van der Waals surface area contributed by atoms with E-state index in [0.29, 0.717) is 50.1 Å². The topological polar surface area (TPSA) is 69.2 Å². The van der Waals surface area contributed by atoms with Crippen LogP contribution in [-0.4, -0.2) is 25.8 Å². The minimum absolute atomic E-state index is 0.236. The molecule has 0 saturated carbocycles. The summed E-state index contributed by atoms with van der Waals surface area (Å²) < 4.78 is 16.5. The summed E-state index contributed by atoms with van der Waals surface area (Å²) in [5, 5.41) is 5.45. The van der Waals surface area contributed by atoms with Crippen molar-refractivity contribution in [3.05, 3.63) is 99.0 Å². The maximum Gasteiger partial charge on any atom is 0.271 e. The van der Waals surface area contributed by atoms with E-state index in [1.165, 1.54) is 13.3 Å². The second-order valence-corrected chi connectivity index (χ2v) is 8.13. The quantitative estimate of drug-likeness (QED) is 0.187. The first-order valence-electron chi connectivity index (χ1n) is 10.0. The van der Waals surface area contributed by atoms with E-state index in [1.54, 1.807) is 60.7 Å². The number of methoxy groups -OCH3 is 1. The van der Waals surface area contributed by atoms with Crippen LogP contribution in [0, 0.1) is 0 Å². The Morgan fingerprint density at radius 2 is 1.76 bits per heavy atom. The third kappa shape index (κ3) is 6.90. The highest BCUT2D eigenvalue weighted by Crippen LogP contribution is 2.29. The van der Waals surface area contributed by atoms with Gasteiger partial charge < -0.3 is 14.2 Å². The largest absolute Gasteiger partial charge is 0.493 e. The number of halogens is 3. The molecule has 34 heavy (non-hydrogen) atoms. The molecule has 0 unspecified atom stereocenters. The first-order valence-corrected chi connectivity index (χ1v) is 11.2. The Balaban J connectivity index is 1.59. The fourth-order valence-corrected chi connectivity index (χ4v) is 3.52. The van der Waals surface area contributed by atoms with Gasteiger partial charge in [-0.1, -0.05) is 53.5 Å². The summed E-state index contributed by atoms with van der Waals surface area (Å²) in [7, 11) is 1.50. The van der Waals surface area contributed by atoms with E-state index >= 15 is 0 Å². The molecule has 3 aromatic rings. The summed E-state index contributed by atoms with van der Waals surface area (Å²) in [4.78, 5) is 12.4. The predicted molar refractivity (Wildman–Crippen MR) is 136 cm³/mol. The monoisotopic (exact) mass is 518 g/mol. The second kappa shape index (κ2) is 12.3. The van der Waals surface area contributed by atoms with Gasteiger partial charge in [0.1, 0.15) is 19.0 Å². The fourth-order valence-electron chi connectivity index (χ4n) is 2.82. The molecule has 0 saturated heterocycles.